The summed E-state index contributed by atoms with van der Waals surface area (Å²) in [5.41, 5.74) is 3.13. The van der Waals surface area contributed by atoms with E-state index >= 15 is 0 Å². The van der Waals surface area contributed by atoms with Crippen LogP contribution in [0.3, 0.4) is 0 Å². The highest BCUT2D eigenvalue weighted by Gasteiger charge is 2.10. The van der Waals surface area contributed by atoms with Gasteiger partial charge in [0.2, 0.25) is 5.43 Å². The minimum atomic E-state index is -0.0352. The van der Waals surface area contributed by atoms with E-state index in [0.29, 0.717) is 17.3 Å². The van der Waals surface area contributed by atoms with Gasteiger partial charge in [-0.15, -0.1) is 0 Å². The van der Waals surface area contributed by atoms with E-state index in [2.05, 4.69) is 17.3 Å². The Labute approximate surface area is 129 Å². The molecule has 2 aromatic rings. The minimum absolute atomic E-state index is 0.0352. The topological polar surface area (TPSA) is 46.9 Å². The Kier molecular flexibility index (Phi) is 5.15. The first-order valence-electron chi connectivity index (χ1n) is 7.10. The number of hydrogen-bond acceptors (Lipinski definition) is 3. The van der Waals surface area contributed by atoms with Crippen molar-refractivity contribution in [2.24, 2.45) is 0 Å². The zero-order valence-electron chi connectivity index (χ0n) is 12.6. The molecule has 0 radical (unpaired) electrons. The molecule has 0 aliphatic rings. The Hall–Kier alpha value is -1.65. The van der Waals surface area contributed by atoms with Crippen LogP contribution in [0.25, 0.3) is 5.69 Å². The molecule has 0 spiro atoms. The highest BCUT2D eigenvalue weighted by molar-refractivity contribution is 6.31. The van der Waals surface area contributed by atoms with E-state index in [4.69, 9.17) is 11.6 Å². The quantitative estimate of drug-likeness (QED) is 0.864. The molecule has 0 saturated heterocycles. The second-order valence-electron chi connectivity index (χ2n) is 5.07. The van der Waals surface area contributed by atoms with Crippen molar-refractivity contribution in [3.05, 3.63) is 56.5 Å². The van der Waals surface area contributed by atoms with Crippen molar-refractivity contribution in [3.63, 3.8) is 0 Å². The summed E-state index contributed by atoms with van der Waals surface area (Å²) >= 11 is 6.17. The summed E-state index contributed by atoms with van der Waals surface area (Å²) in [6.45, 7) is 7.25. The fourth-order valence-electron chi connectivity index (χ4n) is 2.16. The van der Waals surface area contributed by atoms with Crippen LogP contribution in [0, 0.1) is 13.8 Å². The molecule has 0 saturated carbocycles. The Bertz CT molecular complexity index is 694. The van der Waals surface area contributed by atoms with Crippen LogP contribution in [-0.4, -0.2) is 16.3 Å². The van der Waals surface area contributed by atoms with Gasteiger partial charge in [0.05, 0.1) is 5.69 Å². The molecule has 2 rings (SSSR count). The third-order valence-corrected chi connectivity index (χ3v) is 3.78. The fourth-order valence-corrected chi connectivity index (χ4v) is 2.33. The maximum Gasteiger partial charge on any atom is 0.204 e. The number of benzene rings is 1. The Morgan fingerprint density at radius 1 is 1.33 bits per heavy atom. The molecule has 0 atom stereocenters. The predicted molar refractivity (Wildman–Crippen MR) is 86.3 cm³/mol. The minimum Gasteiger partial charge on any atom is -0.311 e. The lowest BCUT2D eigenvalue weighted by Gasteiger charge is -2.14. The lowest BCUT2D eigenvalue weighted by Crippen LogP contribution is -2.25. The zero-order chi connectivity index (χ0) is 15.4. The van der Waals surface area contributed by atoms with E-state index in [9.17, 15) is 4.79 Å². The van der Waals surface area contributed by atoms with Crippen LogP contribution in [-0.2, 0) is 6.54 Å². The molecule has 1 N–H and O–H groups in total. The average molecular weight is 306 g/mol. The molecular formula is C16H20ClN3O. The van der Waals surface area contributed by atoms with E-state index in [-0.39, 0.29) is 5.43 Å². The summed E-state index contributed by atoms with van der Waals surface area (Å²) in [7, 11) is 0. The lowest BCUT2D eigenvalue weighted by molar-refractivity contribution is 0.636. The van der Waals surface area contributed by atoms with Gasteiger partial charge in [0, 0.05) is 23.3 Å². The van der Waals surface area contributed by atoms with E-state index in [0.717, 1.165) is 29.9 Å². The zero-order valence-corrected chi connectivity index (χ0v) is 13.4. The molecule has 0 bridgehead atoms. The standard InChI is InChI=1S/C16H20ClN3O/c1-4-8-18-10-14-16(21)9-11(2)20(19-14)15-7-5-6-13(17)12(15)3/h5-7,9,18H,4,8,10H2,1-3H3. The number of nitrogens with zero attached hydrogens (tertiary/aromatic N) is 2. The molecule has 5 heteroatoms. The molecule has 0 aliphatic carbocycles. The third kappa shape index (κ3) is 3.52. The molecule has 112 valence electrons. The first-order valence-corrected chi connectivity index (χ1v) is 7.48. The molecule has 1 aromatic carbocycles. The highest BCUT2D eigenvalue weighted by Crippen LogP contribution is 2.22. The Balaban J connectivity index is 2.46. The molecule has 1 heterocycles. The number of aromatic nitrogens is 2. The first kappa shape index (κ1) is 15.7. The van der Waals surface area contributed by atoms with Crippen molar-refractivity contribution in [1.29, 1.82) is 0 Å². The first-order chi connectivity index (χ1) is 10.0. The van der Waals surface area contributed by atoms with Gasteiger partial charge in [0.25, 0.3) is 0 Å². The van der Waals surface area contributed by atoms with Gasteiger partial charge in [0.15, 0.2) is 0 Å². The second kappa shape index (κ2) is 6.87. The number of halogens is 1. The molecule has 0 unspecified atom stereocenters. The van der Waals surface area contributed by atoms with Gasteiger partial charge in [0.1, 0.15) is 5.69 Å². The normalized spacial score (nSPS) is 10.9. The van der Waals surface area contributed by atoms with Crippen molar-refractivity contribution in [2.45, 2.75) is 33.7 Å². The van der Waals surface area contributed by atoms with Gasteiger partial charge in [-0.3, -0.25) is 4.79 Å². The largest absolute Gasteiger partial charge is 0.311 e. The van der Waals surface area contributed by atoms with Crippen LogP contribution in [0.4, 0.5) is 0 Å². The summed E-state index contributed by atoms with van der Waals surface area (Å²) in [6.07, 6.45) is 1.02. The van der Waals surface area contributed by atoms with Crippen molar-refractivity contribution in [2.75, 3.05) is 6.54 Å². The number of aryl methyl sites for hydroxylation is 1. The Morgan fingerprint density at radius 2 is 2.10 bits per heavy atom. The summed E-state index contributed by atoms with van der Waals surface area (Å²) in [5.74, 6) is 0. The van der Waals surface area contributed by atoms with Gasteiger partial charge in [-0.25, -0.2) is 4.68 Å². The van der Waals surface area contributed by atoms with Crippen LogP contribution in [0.2, 0.25) is 5.02 Å². The third-order valence-electron chi connectivity index (χ3n) is 3.37. The molecule has 21 heavy (non-hydrogen) atoms. The maximum atomic E-state index is 12.0. The summed E-state index contributed by atoms with van der Waals surface area (Å²) in [6, 6.07) is 7.31. The molecule has 0 fully saturated rings. The number of hydrogen-bond donors (Lipinski definition) is 1. The van der Waals surface area contributed by atoms with Crippen molar-refractivity contribution in [1.82, 2.24) is 15.1 Å². The van der Waals surface area contributed by atoms with E-state index in [1.807, 2.05) is 32.0 Å². The molecule has 1 aromatic heterocycles. The van der Waals surface area contributed by atoms with Crippen molar-refractivity contribution < 1.29 is 0 Å². The molecule has 0 aliphatic heterocycles. The lowest BCUT2D eigenvalue weighted by atomic mass is 10.2. The maximum absolute atomic E-state index is 12.0. The van der Waals surface area contributed by atoms with Crippen LogP contribution in [0.1, 0.15) is 30.3 Å². The Morgan fingerprint density at radius 3 is 2.81 bits per heavy atom. The van der Waals surface area contributed by atoms with Gasteiger partial charge in [-0.05, 0) is 44.5 Å². The van der Waals surface area contributed by atoms with Gasteiger partial charge >= 0.3 is 0 Å². The SMILES string of the molecule is CCCNCc1nn(-c2cccc(Cl)c2C)c(C)cc1=O. The van der Waals surface area contributed by atoms with E-state index < -0.39 is 0 Å². The fraction of sp³-hybridized carbons (Fsp3) is 0.375. The molecule has 0 amide bonds. The average Bonchev–Trinajstić information content (AvgIpc) is 2.45. The highest BCUT2D eigenvalue weighted by atomic mass is 35.5. The molecule has 4 nitrogen and oxygen atoms in total. The van der Waals surface area contributed by atoms with Gasteiger partial charge in [-0.1, -0.05) is 24.6 Å². The second-order valence-corrected chi connectivity index (χ2v) is 5.48. The van der Waals surface area contributed by atoms with Gasteiger partial charge in [-0.2, -0.15) is 5.10 Å². The van der Waals surface area contributed by atoms with Crippen LogP contribution < -0.4 is 10.7 Å². The number of nitrogens with one attached hydrogen (secondary N) is 1. The van der Waals surface area contributed by atoms with Crippen LogP contribution in [0.5, 0.6) is 0 Å². The molecular weight excluding hydrogens is 286 g/mol. The van der Waals surface area contributed by atoms with Crippen LogP contribution in [0.15, 0.2) is 29.1 Å². The predicted octanol–water partition coefficient (Wildman–Crippen LogP) is 3.00. The smallest absolute Gasteiger partial charge is 0.204 e. The monoisotopic (exact) mass is 305 g/mol. The van der Waals surface area contributed by atoms with Crippen molar-refractivity contribution in [3.8, 4) is 5.69 Å². The summed E-state index contributed by atoms with van der Waals surface area (Å²) in [4.78, 5) is 12.0. The summed E-state index contributed by atoms with van der Waals surface area (Å²) < 4.78 is 1.78. The van der Waals surface area contributed by atoms with Crippen molar-refractivity contribution >= 4 is 11.6 Å². The number of rotatable bonds is 5. The van der Waals surface area contributed by atoms with E-state index in [1.165, 1.54) is 0 Å². The van der Waals surface area contributed by atoms with Crippen LogP contribution >= 0.6 is 11.6 Å². The van der Waals surface area contributed by atoms with Gasteiger partial charge < -0.3 is 5.32 Å². The van der Waals surface area contributed by atoms with E-state index in [1.54, 1.807) is 10.7 Å². The summed E-state index contributed by atoms with van der Waals surface area (Å²) in [5, 5.41) is 8.41.